The lowest BCUT2D eigenvalue weighted by Crippen LogP contribution is -1.91. The fourth-order valence-corrected chi connectivity index (χ4v) is 3.05. The maximum atomic E-state index is 5.81. The first-order valence-electron chi connectivity index (χ1n) is 7.61. The van der Waals surface area contributed by atoms with Gasteiger partial charge in [-0.2, -0.15) is 0 Å². The standard InChI is InChI=1S/C20H19BrO/c1-15-14-22-19(9-5-8-16-6-3-2-4-7-16)20(15)17-10-12-18(21)13-11-17/h2-4,6-7,10-14H,5,8-9H2,1H3. The summed E-state index contributed by atoms with van der Waals surface area (Å²) in [6, 6.07) is 19.1. The molecule has 112 valence electrons. The second kappa shape index (κ2) is 6.97. The summed E-state index contributed by atoms with van der Waals surface area (Å²) in [4.78, 5) is 0. The summed E-state index contributed by atoms with van der Waals surface area (Å²) in [5.41, 5.74) is 5.07. The van der Waals surface area contributed by atoms with Crippen molar-refractivity contribution >= 4 is 15.9 Å². The van der Waals surface area contributed by atoms with Crippen LogP contribution < -0.4 is 0 Å². The highest BCUT2D eigenvalue weighted by atomic mass is 79.9. The van der Waals surface area contributed by atoms with Crippen LogP contribution in [0.25, 0.3) is 11.1 Å². The van der Waals surface area contributed by atoms with Crippen LogP contribution in [0, 0.1) is 6.92 Å². The summed E-state index contributed by atoms with van der Waals surface area (Å²) in [5, 5.41) is 0. The topological polar surface area (TPSA) is 13.1 Å². The number of furan rings is 1. The van der Waals surface area contributed by atoms with Gasteiger partial charge in [0.2, 0.25) is 0 Å². The lowest BCUT2D eigenvalue weighted by molar-refractivity contribution is 0.502. The SMILES string of the molecule is Cc1coc(CCCc2ccccc2)c1-c1ccc(Br)cc1. The van der Waals surface area contributed by atoms with Gasteiger partial charge in [0.05, 0.1) is 6.26 Å². The summed E-state index contributed by atoms with van der Waals surface area (Å²) in [7, 11) is 0. The predicted molar refractivity (Wildman–Crippen MR) is 95.0 cm³/mol. The van der Waals surface area contributed by atoms with E-state index in [0.717, 1.165) is 29.5 Å². The molecule has 0 spiro atoms. The molecule has 2 aromatic carbocycles. The highest BCUT2D eigenvalue weighted by Gasteiger charge is 2.12. The number of halogens is 1. The smallest absolute Gasteiger partial charge is 0.111 e. The molecular formula is C20H19BrO. The average Bonchev–Trinajstić information content (AvgIpc) is 2.90. The van der Waals surface area contributed by atoms with Gasteiger partial charge in [-0.25, -0.2) is 0 Å². The van der Waals surface area contributed by atoms with Gasteiger partial charge in [-0.05, 0) is 48.6 Å². The Morgan fingerprint density at radius 2 is 1.64 bits per heavy atom. The summed E-state index contributed by atoms with van der Waals surface area (Å²) in [6.07, 6.45) is 5.02. The highest BCUT2D eigenvalue weighted by molar-refractivity contribution is 9.10. The largest absolute Gasteiger partial charge is 0.468 e. The molecule has 0 unspecified atom stereocenters. The third-order valence-electron chi connectivity index (χ3n) is 3.90. The van der Waals surface area contributed by atoms with E-state index in [0.29, 0.717) is 0 Å². The molecule has 1 nitrogen and oxygen atoms in total. The molecular weight excluding hydrogens is 336 g/mol. The van der Waals surface area contributed by atoms with Crippen molar-refractivity contribution in [1.82, 2.24) is 0 Å². The molecule has 1 aromatic heterocycles. The van der Waals surface area contributed by atoms with Crippen LogP contribution in [-0.4, -0.2) is 0 Å². The molecule has 0 saturated carbocycles. The van der Waals surface area contributed by atoms with Crippen molar-refractivity contribution in [2.45, 2.75) is 26.2 Å². The fourth-order valence-electron chi connectivity index (χ4n) is 2.78. The molecule has 0 aliphatic carbocycles. The minimum atomic E-state index is 0.966. The molecule has 0 aliphatic heterocycles. The van der Waals surface area contributed by atoms with E-state index in [1.54, 1.807) is 0 Å². The van der Waals surface area contributed by atoms with Gasteiger partial charge in [-0.3, -0.25) is 0 Å². The van der Waals surface area contributed by atoms with E-state index in [9.17, 15) is 0 Å². The van der Waals surface area contributed by atoms with E-state index < -0.39 is 0 Å². The zero-order valence-corrected chi connectivity index (χ0v) is 14.3. The van der Waals surface area contributed by atoms with Crippen molar-refractivity contribution in [3.63, 3.8) is 0 Å². The number of hydrogen-bond acceptors (Lipinski definition) is 1. The van der Waals surface area contributed by atoms with Crippen LogP contribution in [-0.2, 0) is 12.8 Å². The van der Waals surface area contributed by atoms with E-state index in [1.165, 1.54) is 22.3 Å². The summed E-state index contributed by atoms with van der Waals surface area (Å²) in [6.45, 7) is 2.11. The van der Waals surface area contributed by atoms with Crippen LogP contribution in [0.1, 0.15) is 23.3 Å². The Labute approximate surface area is 140 Å². The number of benzene rings is 2. The van der Waals surface area contributed by atoms with Crippen molar-refractivity contribution in [2.75, 3.05) is 0 Å². The van der Waals surface area contributed by atoms with E-state index in [4.69, 9.17) is 4.42 Å². The zero-order chi connectivity index (χ0) is 15.4. The van der Waals surface area contributed by atoms with E-state index in [1.807, 2.05) is 6.26 Å². The van der Waals surface area contributed by atoms with Crippen LogP contribution >= 0.6 is 15.9 Å². The fraction of sp³-hybridized carbons (Fsp3) is 0.200. The first-order chi connectivity index (χ1) is 10.7. The average molecular weight is 355 g/mol. The summed E-state index contributed by atoms with van der Waals surface area (Å²) in [5.74, 6) is 1.09. The first-order valence-corrected chi connectivity index (χ1v) is 8.40. The first kappa shape index (κ1) is 15.1. The molecule has 0 aliphatic rings. The minimum absolute atomic E-state index is 0.966. The monoisotopic (exact) mass is 354 g/mol. The Bertz CT molecular complexity index is 726. The number of aryl methyl sites for hydroxylation is 3. The Morgan fingerprint density at radius 1 is 0.909 bits per heavy atom. The lowest BCUT2D eigenvalue weighted by Gasteiger charge is -2.05. The van der Waals surface area contributed by atoms with Gasteiger partial charge in [0, 0.05) is 16.5 Å². The van der Waals surface area contributed by atoms with Crippen molar-refractivity contribution in [2.24, 2.45) is 0 Å². The minimum Gasteiger partial charge on any atom is -0.468 e. The van der Waals surface area contributed by atoms with Gasteiger partial charge in [-0.1, -0.05) is 58.4 Å². The normalized spacial score (nSPS) is 10.8. The van der Waals surface area contributed by atoms with Crippen LogP contribution in [0.5, 0.6) is 0 Å². The Balaban J connectivity index is 1.73. The van der Waals surface area contributed by atoms with Crippen LogP contribution in [0.15, 0.2) is 69.8 Å². The van der Waals surface area contributed by atoms with Gasteiger partial charge in [0.25, 0.3) is 0 Å². The molecule has 0 amide bonds. The molecule has 0 N–H and O–H groups in total. The Kier molecular flexibility index (Phi) is 4.79. The van der Waals surface area contributed by atoms with Crippen molar-refractivity contribution in [1.29, 1.82) is 0 Å². The second-order valence-corrected chi connectivity index (χ2v) is 6.48. The lowest BCUT2D eigenvalue weighted by atomic mass is 9.99. The number of rotatable bonds is 5. The summed E-state index contributed by atoms with van der Waals surface area (Å²) < 4.78 is 6.91. The Hall–Kier alpha value is -1.80. The van der Waals surface area contributed by atoms with E-state index >= 15 is 0 Å². The molecule has 3 aromatic rings. The quantitative estimate of drug-likeness (QED) is 0.532. The van der Waals surface area contributed by atoms with E-state index in [2.05, 4.69) is 77.5 Å². The molecule has 2 heteroatoms. The molecule has 22 heavy (non-hydrogen) atoms. The third-order valence-corrected chi connectivity index (χ3v) is 4.42. The molecule has 1 heterocycles. The molecule has 3 rings (SSSR count). The van der Waals surface area contributed by atoms with Crippen LogP contribution in [0.3, 0.4) is 0 Å². The van der Waals surface area contributed by atoms with Gasteiger partial charge >= 0.3 is 0 Å². The maximum Gasteiger partial charge on any atom is 0.111 e. The van der Waals surface area contributed by atoms with Crippen LogP contribution in [0.4, 0.5) is 0 Å². The van der Waals surface area contributed by atoms with Gasteiger partial charge in [-0.15, -0.1) is 0 Å². The molecule has 0 radical (unpaired) electrons. The predicted octanol–water partition coefficient (Wildman–Crippen LogP) is 6.19. The number of hydrogen-bond donors (Lipinski definition) is 0. The molecule has 0 bridgehead atoms. The summed E-state index contributed by atoms with van der Waals surface area (Å²) >= 11 is 3.49. The molecule has 0 saturated heterocycles. The van der Waals surface area contributed by atoms with Crippen LogP contribution in [0.2, 0.25) is 0 Å². The second-order valence-electron chi connectivity index (χ2n) is 5.56. The zero-order valence-electron chi connectivity index (χ0n) is 12.7. The Morgan fingerprint density at radius 3 is 2.36 bits per heavy atom. The highest BCUT2D eigenvalue weighted by Crippen LogP contribution is 2.31. The molecule has 0 atom stereocenters. The van der Waals surface area contributed by atoms with Crippen molar-refractivity contribution in [3.05, 3.63) is 82.2 Å². The van der Waals surface area contributed by atoms with Crippen molar-refractivity contribution in [3.8, 4) is 11.1 Å². The molecule has 0 fully saturated rings. The third kappa shape index (κ3) is 3.50. The van der Waals surface area contributed by atoms with E-state index in [-0.39, 0.29) is 0 Å². The maximum absolute atomic E-state index is 5.81. The van der Waals surface area contributed by atoms with Crippen molar-refractivity contribution < 1.29 is 4.42 Å². The van der Waals surface area contributed by atoms with Gasteiger partial charge in [0.15, 0.2) is 0 Å². The van der Waals surface area contributed by atoms with Gasteiger partial charge in [0.1, 0.15) is 5.76 Å². The van der Waals surface area contributed by atoms with Gasteiger partial charge < -0.3 is 4.42 Å².